The third kappa shape index (κ3) is 2.99. The Kier molecular flexibility index (Phi) is 5.29. The lowest BCUT2D eigenvalue weighted by Crippen LogP contribution is -1.73. The van der Waals surface area contributed by atoms with Crippen LogP contribution in [0.3, 0.4) is 0 Å². The molecule has 54 valence electrons. The van der Waals surface area contributed by atoms with E-state index in [4.69, 9.17) is 5.41 Å². The highest BCUT2D eigenvalue weighted by atomic mass is 14.4. The van der Waals surface area contributed by atoms with E-state index in [9.17, 15) is 0 Å². The predicted molar refractivity (Wildman–Crippen MR) is 44.4 cm³/mol. The summed E-state index contributed by atoms with van der Waals surface area (Å²) in [5.74, 6) is 0. The Morgan fingerprint density at radius 2 is 1.70 bits per heavy atom. The summed E-state index contributed by atoms with van der Waals surface area (Å²) in [7, 11) is 1.50. The maximum atomic E-state index is 6.82. The Balaban J connectivity index is 0.000000371. The van der Waals surface area contributed by atoms with Crippen molar-refractivity contribution in [3.8, 4) is 0 Å². The van der Waals surface area contributed by atoms with E-state index in [2.05, 4.69) is 5.73 Å². The van der Waals surface area contributed by atoms with Crippen molar-refractivity contribution >= 4 is 6.21 Å². The summed E-state index contributed by atoms with van der Waals surface area (Å²) in [6, 6.07) is 9.56. The second-order valence-electron chi connectivity index (χ2n) is 1.56. The van der Waals surface area contributed by atoms with E-state index in [0.29, 0.717) is 0 Å². The second kappa shape index (κ2) is 5.98. The van der Waals surface area contributed by atoms with Crippen molar-refractivity contribution < 1.29 is 0 Å². The molecule has 0 radical (unpaired) electrons. The van der Waals surface area contributed by atoms with Crippen LogP contribution in [0.15, 0.2) is 30.3 Å². The predicted octanol–water partition coefficient (Wildman–Crippen LogP) is 1.26. The third-order valence-corrected chi connectivity index (χ3v) is 0.966. The van der Waals surface area contributed by atoms with E-state index in [1.807, 2.05) is 30.3 Å². The first-order valence-electron chi connectivity index (χ1n) is 3.07. The highest BCUT2D eigenvalue weighted by Gasteiger charge is 1.77. The minimum absolute atomic E-state index is 0.951. The standard InChI is InChI=1S/C7H7N.CH5N/c8-6-7-4-2-1-3-5-7;1-2/h1-6,8H;2H2,1H3. The first kappa shape index (κ1) is 8.85. The van der Waals surface area contributed by atoms with Gasteiger partial charge in [0.2, 0.25) is 0 Å². The van der Waals surface area contributed by atoms with Crippen LogP contribution in [-0.4, -0.2) is 13.3 Å². The van der Waals surface area contributed by atoms with Gasteiger partial charge in [0.05, 0.1) is 0 Å². The van der Waals surface area contributed by atoms with Gasteiger partial charge in [0.1, 0.15) is 0 Å². The molecular formula is C8H12N2. The third-order valence-electron chi connectivity index (χ3n) is 0.966. The van der Waals surface area contributed by atoms with Crippen LogP contribution in [0.25, 0.3) is 0 Å². The SMILES string of the molecule is CN.N=Cc1ccccc1. The van der Waals surface area contributed by atoms with E-state index < -0.39 is 0 Å². The van der Waals surface area contributed by atoms with Gasteiger partial charge in [0.25, 0.3) is 0 Å². The molecule has 0 amide bonds. The molecule has 0 saturated heterocycles. The van der Waals surface area contributed by atoms with Gasteiger partial charge in [-0.15, -0.1) is 0 Å². The van der Waals surface area contributed by atoms with E-state index in [1.54, 1.807) is 0 Å². The van der Waals surface area contributed by atoms with Gasteiger partial charge < -0.3 is 11.1 Å². The van der Waals surface area contributed by atoms with Crippen LogP contribution >= 0.6 is 0 Å². The van der Waals surface area contributed by atoms with Crippen molar-refractivity contribution in [2.24, 2.45) is 5.73 Å². The van der Waals surface area contributed by atoms with Crippen LogP contribution in [0.2, 0.25) is 0 Å². The molecule has 1 aromatic rings. The summed E-state index contributed by atoms with van der Waals surface area (Å²) in [6.45, 7) is 0. The zero-order valence-electron chi connectivity index (χ0n) is 6.04. The van der Waals surface area contributed by atoms with Crippen LogP contribution in [0, 0.1) is 5.41 Å². The number of nitrogens with two attached hydrogens (primary N) is 1. The summed E-state index contributed by atoms with van der Waals surface area (Å²) in [5, 5.41) is 6.82. The van der Waals surface area contributed by atoms with Crippen molar-refractivity contribution in [2.75, 3.05) is 7.05 Å². The number of hydrogen-bond acceptors (Lipinski definition) is 2. The van der Waals surface area contributed by atoms with Crippen LogP contribution in [-0.2, 0) is 0 Å². The highest BCUT2D eigenvalue weighted by molar-refractivity contribution is 5.76. The molecule has 1 rings (SSSR count). The Morgan fingerprint density at radius 1 is 1.20 bits per heavy atom. The van der Waals surface area contributed by atoms with Crippen LogP contribution < -0.4 is 5.73 Å². The minimum atomic E-state index is 0.951. The summed E-state index contributed by atoms with van der Waals surface area (Å²) < 4.78 is 0. The van der Waals surface area contributed by atoms with Gasteiger partial charge in [0.15, 0.2) is 0 Å². The first-order valence-corrected chi connectivity index (χ1v) is 3.07. The molecule has 0 aliphatic heterocycles. The lowest BCUT2D eigenvalue weighted by Gasteiger charge is -1.84. The number of rotatable bonds is 1. The lowest BCUT2D eigenvalue weighted by molar-refractivity contribution is 1.48. The molecule has 0 aliphatic rings. The molecule has 10 heavy (non-hydrogen) atoms. The molecule has 3 N–H and O–H groups in total. The smallest absolute Gasteiger partial charge is 0.0250 e. The number of nitrogens with one attached hydrogen (secondary N) is 1. The van der Waals surface area contributed by atoms with Gasteiger partial charge in [-0.1, -0.05) is 30.3 Å². The molecule has 0 unspecified atom stereocenters. The molecule has 2 nitrogen and oxygen atoms in total. The first-order chi connectivity index (χ1) is 4.93. The quantitative estimate of drug-likeness (QED) is 0.561. The van der Waals surface area contributed by atoms with E-state index >= 15 is 0 Å². The largest absolute Gasteiger partial charge is 0.333 e. The normalized spacial score (nSPS) is 7.40. The average Bonchev–Trinajstić information content (AvgIpc) is 2.10. The topological polar surface area (TPSA) is 49.9 Å². The van der Waals surface area contributed by atoms with Crippen molar-refractivity contribution in [3.05, 3.63) is 35.9 Å². The van der Waals surface area contributed by atoms with Gasteiger partial charge in [-0.25, -0.2) is 0 Å². The summed E-state index contributed by atoms with van der Waals surface area (Å²) in [6.07, 6.45) is 1.33. The van der Waals surface area contributed by atoms with E-state index in [0.717, 1.165) is 5.56 Å². The van der Waals surface area contributed by atoms with Crippen LogP contribution in [0.1, 0.15) is 5.56 Å². The van der Waals surface area contributed by atoms with E-state index in [1.165, 1.54) is 13.3 Å². The molecule has 0 fully saturated rings. The van der Waals surface area contributed by atoms with E-state index in [-0.39, 0.29) is 0 Å². The molecule has 0 aromatic heterocycles. The van der Waals surface area contributed by atoms with Crippen molar-refractivity contribution in [2.45, 2.75) is 0 Å². The summed E-state index contributed by atoms with van der Waals surface area (Å²) in [4.78, 5) is 0. The van der Waals surface area contributed by atoms with Crippen molar-refractivity contribution in [1.29, 1.82) is 5.41 Å². The molecule has 0 heterocycles. The molecule has 2 heteroatoms. The monoisotopic (exact) mass is 136 g/mol. The fourth-order valence-electron chi connectivity index (χ4n) is 0.549. The molecule has 0 spiro atoms. The Morgan fingerprint density at radius 3 is 2.00 bits per heavy atom. The second-order valence-corrected chi connectivity index (χ2v) is 1.56. The highest BCUT2D eigenvalue weighted by Crippen LogP contribution is 1.91. The van der Waals surface area contributed by atoms with Gasteiger partial charge in [-0.2, -0.15) is 0 Å². The summed E-state index contributed by atoms with van der Waals surface area (Å²) in [5.41, 5.74) is 5.45. The fraction of sp³-hybridized carbons (Fsp3) is 0.125. The zero-order chi connectivity index (χ0) is 7.82. The average molecular weight is 136 g/mol. The van der Waals surface area contributed by atoms with Crippen LogP contribution in [0.4, 0.5) is 0 Å². The Hall–Kier alpha value is -1.15. The molecular weight excluding hydrogens is 124 g/mol. The summed E-state index contributed by atoms with van der Waals surface area (Å²) >= 11 is 0. The molecule has 0 aliphatic carbocycles. The van der Waals surface area contributed by atoms with Gasteiger partial charge in [-0.05, 0) is 12.6 Å². The molecule has 0 atom stereocenters. The Bertz CT molecular complexity index is 170. The fourth-order valence-corrected chi connectivity index (χ4v) is 0.549. The lowest BCUT2D eigenvalue weighted by atomic mass is 10.2. The number of hydrogen-bond donors (Lipinski definition) is 2. The minimum Gasteiger partial charge on any atom is -0.333 e. The maximum absolute atomic E-state index is 6.82. The van der Waals surface area contributed by atoms with Crippen molar-refractivity contribution in [1.82, 2.24) is 0 Å². The van der Waals surface area contributed by atoms with Gasteiger partial charge in [-0.3, -0.25) is 0 Å². The Labute approximate surface area is 61.2 Å². The van der Waals surface area contributed by atoms with Gasteiger partial charge in [0, 0.05) is 6.21 Å². The van der Waals surface area contributed by atoms with Gasteiger partial charge >= 0.3 is 0 Å². The maximum Gasteiger partial charge on any atom is 0.0250 e. The zero-order valence-corrected chi connectivity index (χ0v) is 6.04. The molecule has 0 saturated carbocycles. The molecule has 0 bridgehead atoms. The van der Waals surface area contributed by atoms with Crippen molar-refractivity contribution in [3.63, 3.8) is 0 Å². The number of benzene rings is 1. The van der Waals surface area contributed by atoms with Crippen LogP contribution in [0.5, 0.6) is 0 Å². The molecule has 1 aromatic carbocycles.